The molecule has 2 nitrogen and oxygen atoms in total. The van der Waals surface area contributed by atoms with E-state index in [2.05, 4.69) is 42.0 Å². The van der Waals surface area contributed by atoms with Crippen molar-refractivity contribution in [1.29, 1.82) is 0 Å². The van der Waals surface area contributed by atoms with Crippen LogP contribution in [0.2, 0.25) is 0 Å². The van der Waals surface area contributed by atoms with Crippen LogP contribution in [0.15, 0.2) is 24.3 Å². The highest BCUT2D eigenvalue weighted by Gasteiger charge is 2.17. The van der Waals surface area contributed by atoms with Crippen LogP contribution in [-0.2, 0) is 5.41 Å². The summed E-state index contributed by atoms with van der Waals surface area (Å²) in [6.07, 6.45) is 0. The van der Waals surface area contributed by atoms with Gasteiger partial charge >= 0.3 is 0 Å². The predicted octanol–water partition coefficient (Wildman–Crippen LogP) is 3.91. The number of anilines is 1. The van der Waals surface area contributed by atoms with Crippen LogP contribution in [0.3, 0.4) is 0 Å². The molecular weight excluding hydrogens is 242 g/mol. The molecule has 0 aromatic heterocycles. The van der Waals surface area contributed by atoms with Gasteiger partial charge < -0.3 is 5.32 Å². The van der Waals surface area contributed by atoms with Gasteiger partial charge in [-0.05, 0) is 17.0 Å². The smallest absolute Gasteiger partial charge is 0.291 e. The van der Waals surface area contributed by atoms with Crippen molar-refractivity contribution in [3.8, 4) is 0 Å². The Hall–Kier alpha value is -0.830. The first-order chi connectivity index (χ1) is 6.41. The topological polar surface area (TPSA) is 29.1 Å². The molecule has 0 atom stereocenters. The lowest BCUT2D eigenvalue weighted by Gasteiger charge is -2.22. The minimum atomic E-state index is -0.214. The average molecular weight is 256 g/mol. The second-order valence-electron chi connectivity index (χ2n) is 4.19. The van der Waals surface area contributed by atoms with E-state index >= 15 is 0 Å². The number of hydrogen-bond donors (Lipinski definition) is 1. The van der Waals surface area contributed by atoms with E-state index in [4.69, 9.17) is 0 Å². The standard InChI is InChI=1S/C11H14BrNO/c1-11(2,3)8-6-4-5-7-9(8)13-10(12)14/h4-7H,1-3H3,(H,13,14). The summed E-state index contributed by atoms with van der Waals surface area (Å²) in [7, 11) is 0. The quantitative estimate of drug-likeness (QED) is 0.599. The van der Waals surface area contributed by atoms with Crippen molar-refractivity contribution in [3.05, 3.63) is 29.8 Å². The van der Waals surface area contributed by atoms with E-state index in [9.17, 15) is 4.79 Å². The maximum Gasteiger partial charge on any atom is 0.291 e. The van der Waals surface area contributed by atoms with E-state index in [1.807, 2.05) is 24.3 Å². The zero-order valence-corrected chi connectivity index (χ0v) is 10.2. The van der Waals surface area contributed by atoms with Gasteiger partial charge in [-0.15, -0.1) is 0 Å². The van der Waals surface area contributed by atoms with Gasteiger partial charge in [0.1, 0.15) is 0 Å². The lowest BCUT2D eigenvalue weighted by molar-refractivity contribution is 0.270. The monoisotopic (exact) mass is 255 g/mol. The zero-order chi connectivity index (χ0) is 10.8. The van der Waals surface area contributed by atoms with E-state index in [1.54, 1.807) is 0 Å². The molecular formula is C11H14BrNO. The first-order valence-corrected chi connectivity index (χ1v) is 5.26. The highest BCUT2D eigenvalue weighted by molar-refractivity contribution is 9.18. The van der Waals surface area contributed by atoms with Crippen molar-refractivity contribution in [1.82, 2.24) is 0 Å². The van der Waals surface area contributed by atoms with Gasteiger partial charge in [0.25, 0.3) is 4.82 Å². The lowest BCUT2D eigenvalue weighted by Crippen LogP contribution is -2.15. The fourth-order valence-electron chi connectivity index (χ4n) is 1.35. The van der Waals surface area contributed by atoms with Crippen LogP contribution < -0.4 is 5.32 Å². The number of carbonyl (C=O) groups excluding carboxylic acids is 1. The van der Waals surface area contributed by atoms with Gasteiger partial charge in [0.15, 0.2) is 0 Å². The number of rotatable bonds is 1. The van der Waals surface area contributed by atoms with Crippen LogP contribution in [-0.4, -0.2) is 4.82 Å². The van der Waals surface area contributed by atoms with E-state index in [1.165, 1.54) is 0 Å². The molecule has 0 heterocycles. The summed E-state index contributed by atoms with van der Waals surface area (Å²) in [6, 6.07) is 7.82. The first kappa shape index (κ1) is 11.2. The number of para-hydroxylation sites is 1. The SMILES string of the molecule is CC(C)(C)c1ccccc1NC(=O)Br. The predicted molar refractivity (Wildman–Crippen MR) is 63.1 cm³/mol. The Labute approximate surface area is 92.8 Å². The summed E-state index contributed by atoms with van der Waals surface area (Å²) in [6.45, 7) is 6.35. The third-order valence-electron chi connectivity index (χ3n) is 1.97. The van der Waals surface area contributed by atoms with Crippen molar-refractivity contribution >= 4 is 26.4 Å². The fraction of sp³-hybridized carbons (Fsp3) is 0.364. The summed E-state index contributed by atoms with van der Waals surface area (Å²) in [5.41, 5.74) is 2.03. The Morgan fingerprint density at radius 3 is 2.36 bits per heavy atom. The largest absolute Gasteiger partial charge is 0.316 e. The minimum Gasteiger partial charge on any atom is -0.316 e. The third kappa shape index (κ3) is 2.84. The molecule has 76 valence electrons. The maximum absolute atomic E-state index is 10.9. The molecule has 0 aliphatic carbocycles. The van der Waals surface area contributed by atoms with Gasteiger partial charge in [-0.2, -0.15) is 0 Å². The fourth-order valence-corrected chi connectivity index (χ4v) is 1.57. The van der Waals surface area contributed by atoms with Crippen LogP contribution in [0.5, 0.6) is 0 Å². The van der Waals surface area contributed by atoms with Gasteiger partial charge in [-0.3, -0.25) is 4.79 Å². The van der Waals surface area contributed by atoms with Crippen LogP contribution in [0, 0.1) is 0 Å². The number of amides is 1. The molecule has 0 fully saturated rings. The molecule has 0 unspecified atom stereocenters. The van der Waals surface area contributed by atoms with Gasteiger partial charge in [0, 0.05) is 21.6 Å². The molecule has 14 heavy (non-hydrogen) atoms. The molecule has 1 rings (SSSR count). The Morgan fingerprint density at radius 2 is 1.86 bits per heavy atom. The zero-order valence-electron chi connectivity index (χ0n) is 8.60. The second-order valence-corrected chi connectivity index (χ2v) is 4.91. The van der Waals surface area contributed by atoms with Crippen molar-refractivity contribution in [2.45, 2.75) is 26.2 Å². The summed E-state index contributed by atoms with van der Waals surface area (Å²) >= 11 is 2.86. The lowest BCUT2D eigenvalue weighted by atomic mass is 9.86. The van der Waals surface area contributed by atoms with Crippen molar-refractivity contribution < 1.29 is 4.79 Å². The minimum absolute atomic E-state index is 0.0338. The Kier molecular flexibility index (Phi) is 3.32. The Balaban J connectivity index is 3.10. The molecule has 1 N–H and O–H groups in total. The van der Waals surface area contributed by atoms with E-state index in [0.29, 0.717) is 0 Å². The Bertz CT molecular complexity index is 341. The van der Waals surface area contributed by atoms with Gasteiger partial charge in [-0.1, -0.05) is 39.0 Å². The average Bonchev–Trinajstić information content (AvgIpc) is 2.01. The van der Waals surface area contributed by atoms with E-state index in [-0.39, 0.29) is 10.2 Å². The van der Waals surface area contributed by atoms with Crippen LogP contribution in [0.1, 0.15) is 26.3 Å². The maximum atomic E-state index is 10.9. The second kappa shape index (κ2) is 4.13. The summed E-state index contributed by atoms with van der Waals surface area (Å²) in [5, 5.41) is 2.76. The molecule has 1 aromatic rings. The summed E-state index contributed by atoms with van der Waals surface area (Å²) in [4.78, 5) is 10.7. The molecule has 1 amide bonds. The molecule has 0 aliphatic heterocycles. The van der Waals surface area contributed by atoms with Crippen molar-refractivity contribution in [2.75, 3.05) is 5.32 Å². The normalized spacial score (nSPS) is 11.1. The van der Waals surface area contributed by atoms with E-state index < -0.39 is 0 Å². The first-order valence-electron chi connectivity index (χ1n) is 4.47. The summed E-state index contributed by atoms with van der Waals surface area (Å²) in [5.74, 6) is 0. The van der Waals surface area contributed by atoms with Crippen LogP contribution >= 0.6 is 15.9 Å². The highest BCUT2D eigenvalue weighted by atomic mass is 79.9. The molecule has 0 spiro atoms. The molecule has 0 radical (unpaired) electrons. The van der Waals surface area contributed by atoms with Crippen LogP contribution in [0.25, 0.3) is 0 Å². The van der Waals surface area contributed by atoms with E-state index in [0.717, 1.165) is 11.3 Å². The van der Waals surface area contributed by atoms with Gasteiger partial charge in [0.05, 0.1) is 0 Å². The third-order valence-corrected chi connectivity index (χ3v) is 2.17. The molecule has 0 aliphatic rings. The van der Waals surface area contributed by atoms with Gasteiger partial charge in [0.2, 0.25) is 0 Å². The summed E-state index contributed by atoms with van der Waals surface area (Å²) < 4.78 is 0. The number of halogens is 1. The number of nitrogens with one attached hydrogen (secondary N) is 1. The number of carbonyl (C=O) groups is 1. The number of hydrogen-bond acceptors (Lipinski definition) is 1. The van der Waals surface area contributed by atoms with Crippen molar-refractivity contribution in [2.24, 2.45) is 0 Å². The molecule has 0 saturated carbocycles. The van der Waals surface area contributed by atoms with Crippen LogP contribution in [0.4, 0.5) is 10.5 Å². The Morgan fingerprint density at radius 1 is 1.29 bits per heavy atom. The van der Waals surface area contributed by atoms with Crippen molar-refractivity contribution in [3.63, 3.8) is 0 Å². The molecule has 3 heteroatoms. The molecule has 0 bridgehead atoms. The molecule has 1 aromatic carbocycles. The highest BCUT2D eigenvalue weighted by Crippen LogP contribution is 2.29. The van der Waals surface area contributed by atoms with Gasteiger partial charge in [-0.25, -0.2) is 0 Å². The molecule has 0 saturated heterocycles. The number of benzene rings is 1.